The van der Waals surface area contributed by atoms with Crippen LogP contribution in [0.5, 0.6) is 0 Å². The summed E-state index contributed by atoms with van der Waals surface area (Å²) in [7, 11) is 0. The predicted octanol–water partition coefficient (Wildman–Crippen LogP) is -0.370. The zero-order chi connectivity index (χ0) is 12.1. The molecule has 0 saturated heterocycles. The molecule has 0 bridgehead atoms. The minimum absolute atomic E-state index is 0.231. The Hall–Kier alpha value is -1.69. The lowest BCUT2D eigenvalue weighted by Crippen LogP contribution is -2.31. The Bertz CT molecular complexity index is 439. The average molecular weight is 224 g/mol. The van der Waals surface area contributed by atoms with Gasteiger partial charge in [0.1, 0.15) is 0 Å². The third kappa shape index (κ3) is 3.16. The Morgan fingerprint density at radius 2 is 2.25 bits per heavy atom. The van der Waals surface area contributed by atoms with Crippen molar-refractivity contribution in [2.75, 3.05) is 0 Å². The van der Waals surface area contributed by atoms with Crippen LogP contribution in [-0.2, 0) is 11.3 Å². The van der Waals surface area contributed by atoms with Crippen LogP contribution in [0.3, 0.4) is 0 Å². The van der Waals surface area contributed by atoms with Crippen LogP contribution in [0.15, 0.2) is 10.9 Å². The fraction of sp³-hybridized carbons (Fsp3) is 0.500. The molecular formula is C10H16N4O2. The van der Waals surface area contributed by atoms with Gasteiger partial charge in [0.05, 0.1) is 0 Å². The second-order valence-corrected chi connectivity index (χ2v) is 3.64. The molecule has 0 unspecified atom stereocenters. The van der Waals surface area contributed by atoms with E-state index in [1.165, 1.54) is 0 Å². The first-order valence-corrected chi connectivity index (χ1v) is 5.09. The number of nitrogens with zero attached hydrogens (tertiary/aromatic N) is 2. The van der Waals surface area contributed by atoms with Gasteiger partial charge in [-0.05, 0) is 26.3 Å². The molecule has 0 fully saturated rings. The van der Waals surface area contributed by atoms with Crippen molar-refractivity contribution in [1.82, 2.24) is 15.0 Å². The lowest BCUT2D eigenvalue weighted by atomic mass is 10.3. The molecule has 1 rings (SSSR count). The molecule has 0 aromatic carbocycles. The highest BCUT2D eigenvalue weighted by atomic mass is 16.2. The van der Waals surface area contributed by atoms with Gasteiger partial charge in [-0.25, -0.2) is 10.6 Å². The van der Waals surface area contributed by atoms with Gasteiger partial charge in [0.2, 0.25) is 5.91 Å². The van der Waals surface area contributed by atoms with Crippen LogP contribution in [0.25, 0.3) is 0 Å². The molecule has 6 nitrogen and oxygen atoms in total. The molecular weight excluding hydrogens is 208 g/mol. The van der Waals surface area contributed by atoms with E-state index in [2.05, 4.69) is 4.98 Å². The van der Waals surface area contributed by atoms with E-state index >= 15 is 0 Å². The van der Waals surface area contributed by atoms with Gasteiger partial charge in [0, 0.05) is 24.4 Å². The van der Waals surface area contributed by atoms with Crippen molar-refractivity contribution in [2.24, 2.45) is 5.84 Å². The van der Waals surface area contributed by atoms with E-state index in [-0.39, 0.29) is 11.6 Å². The largest absolute Gasteiger partial charge is 0.347 e. The summed E-state index contributed by atoms with van der Waals surface area (Å²) in [5, 5.41) is 0. The highest BCUT2D eigenvalue weighted by Gasteiger charge is 2.04. The number of hydrogen-bond acceptors (Lipinski definition) is 4. The van der Waals surface area contributed by atoms with E-state index in [4.69, 9.17) is 5.84 Å². The van der Waals surface area contributed by atoms with Crippen molar-refractivity contribution in [3.63, 3.8) is 0 Å². The summed E-state index contributed by atoms with van der Waals surface area (Å²) in [6.45, 7) is 4.10. The number of rotatable bonds is 4. The minimum Gasteiger partial charge on any atom is -0.297 e. The van der Waals surface area contributed by atoms with Crippen molar-refractivity contribution in [2.45, 2.75) is 33.2 Å². The molecule has 0 radical (unpaired) electrons. The standard InChI is InChI=1S/C10H16N4O2/c1-7-6-8(2)14(10(16)12-7)5-3-4-9(15)13-11/h6H,3-5,11H2,1-2H3,(H,13,15). The molecule has 1 aromatic heterocycles. The molecule has 3 N–H and O–H groups in total. The average Bonchev–Trinajstić information content (AvgIpc) is 2.21. The third-order valence-corrected chi connectivity index (χ3v) is 2.29. The second-order valence-electron chi connectivity index (χ2n) is 3.64. The summed E-state index contributed by atoms with van der Waals surface area (Å²) in [6.07, 6.45) is 0.866. The monoisotopic (exact) mass is 224 g/mol. The summed E-state index contributed by atoms with van der Waals surface area (Å²) >= 11 is 0. The van der Waals surface area contributed by atoms with Gasteiger partial charge in [-0.15, -0.1) is 0 Å². The maximum Gasteiger partial charge on any atom is 0.347 e. The Labute approximate surface area is 93.5 Å². The van der Waals surface area contributed by atoms with E-state index in [1.54, 1.807) is 11.5 Å². The van der Waals surface area contributed by atoms with Crippen LogP contribution >= 0.6 is 0 Å². The molecule has 0 aliphatic heterocycles. The Balaban J connectivity index is 2.68. The number of hydrazine groups is 1. The fourth-order valence-electron chi connectivity index (χ4n) is 1.52. The van der Waals surface area contributed by atoms with Crippen LogP contribution in [0.2, 0.25) is 0 Å². The van der Waals surface area contributed by atoms with Gasteiger partial charge in [-0.1, -0.05) is 0 Å². The summed E-state index contributed by atoms with van der Waals surface area (Å²) in [6, 6.07) is 1.84. The van der Waals surface area contributed by atoms with Gasteiger partial charge < -0.3 is 0 Å². The fourth-order valence-corrected chi connectivity index (χ4v) is 1.52. The molecule has 1 heterocycles. The van der Waals surface area contributed by atoms with Crippen molar-refractivity contribution in [3.8, 4) is 0 Å². The summed E-state index contributed by atoms with van der Waals surface area (Å²) < 4.78 is 1.55. The lowest BCUT2D eigenvalue weighted by Gasteiger charge is -2.08. The first kappa shape index (κ1) is 12.4. The summed E-state index contributed by atoms with van der Waals surface area (Å²) in [4.78, 5) is 26.3. The minimum atomic E-state index is -0.273. The van der Waals surface area contributed by atoms with E-state index in [0.29, 0.717) is 25.1 Å². The van der Waals surface area contributed by atoms with Crippen molar-refractivity contribution in [1.29, 1.82) is 0 Å². The normalized spacial score (nSPS) is 10.2. The second kappa shape index (κ2) is 5.41. The molecule has 16 heavy (non-hydrogen) atoms. The number of carbonyl (C=O) groups is 1. The highest BCUT2D eigenvalue weighted by molar-refractivity contribution is 5.75. The molecule has 0 saturated carbocycles. The van der Waals surface area contributed by atoms with Gasteiger partial charge in [-0.3, -0.25) is 14.8 Å². The molecule has 0 aliphatic carbocycles. The molecule has 1 aromatic rings. The van der Waals surface area contributed by atoms with Crippen LogP contribution < -0.4 is 17.0 Å². The zero-order valence-electron chi connectivity index (χ0n) is 9.49. The third-order valence-electron chi connectivity index (χ3n) is 2.29. The van der Waals surface area contributed by atoms with Crippen LogP contribution in [-0.4, -0.2) is 15.5 Å². The van der Waals surface area contributed by atoms with Crippen LogP contribution in [0.4, 0.5) is 0 Å². The first-order chi connectivity index (χ1) is 7.54. The van der Waals surface area contributed by atoms with E-state index < -0.39 is 0 Å². The molecule has 88 valence electrons. The topological polar surface area (TPSA) is 90.0 Å². The van der Waals surface area contributed by atoms with E-state index in [9.17, 15) is 9.59 Å². The molecule has 6 heteroatoms. The van der Waals surface area contributed by atoms with Crippen molar-refractivity contribution >= 4 is 5.91 Å². The van der Waals surface area contributed by atoms with Crippen LogP contribution in [0, 0.1) is 13.8 Å². The van der Waals surface area contributed by atoms with Crippen molar-refractivity contribution < 1.29 is 4.79 Å². The van der Waals surface area contributed by atoms with E-state index in [0.717, 1.165) is 5.69 Å². The number of aryl methyl sites for hydroxylation is 2. The Kier molecular flexibility index (Phi) is 4.19. The van der Waals surface area contributed by atoms with Crippen molar-refractivity contribution in [3.05, 3.63) is 27.9 Å². The smallest absolute Gasteiger partial charge is 0.297 e. The quantitative estimate of drug-likeness (QED) is 0.415. The maximum absolute atomic E-state index is 11.5. The highest BCUT2D eigenvalue weighted by Crippen LogP contribution is 1.99. The summed E-state index contributed by atoms with van der Waals surface area (Å²) in [5.74, 6) is 4.72. The number of hydrogen-bond donors (Lipinski definition) is 2. The van der Waals surface area contributed by atoms with Gasteiger partial charge in [0.25, 0.3) is 0 Å². The van der Waals surface area contributed by atoms with Gasteiger partial charge in [-0.2, -0.15) is 4.98 Å². The first-order valence-electron chi connectivity index (χ1n) is 5.09. The molecule has 0 aliphatic rings. The van der Waals surface area contributed by atoms with Crippen LogP contribution in [0.1, 0.15) is 24.2 Å². The van der Waals surface area contributed by atoms with E-state index in [1.807, 2.05) is 18.4 Å². The predicted molar refractivity (Wildman–Crippen MR) is 59.5 cm³/mol. The number of aromatic nitrogens is 2. The number of carbonyl (C=O) groups excluding carboxylic acids is 1. The van der Waals surface area contributed by atoms with Gasteiger partial charge >= 0.3 is 5.69 Å². The molecule has 1 amide bonds. The zero-order valence-corrected chi connectivity index (χ0v) is 9.49. The maximum atomic E-state index is 11.5. The Morgan fingerprint density at radius 3 is 2.81 bits per heavy atom. The number of nitrogens with one attached hydrogen (secondary N) is 1. The van der Waals surface area contributed by atoms with Gasteiger partial charge in [0.15, 0.2) is 0 Å². The molecule has 0 atom stereocenters. The number of nitrogens with two attached hydrogens (primary N) is 1. The lowest BCUT2D eigenvalue weighted by molar-refractivity contribution is -0.121. The Morgan fingerprint density at radius 1 is 1.56 bits per heavy atom. The SMILES string of the molecule is Cc1cc(C)n(CCCC(=O)NN)c(=O)n1. The summed E-state index contributed by atoms with van der Waals surface area (Å²) in [5.41, 5.74) is 3.33. The molecule has 0 spiro atoms. The number of amides is 1.